The van der Waals surface area contributed by atoms with Crippen molar-refractivity contribution in [3.63, 3.8) is 0 Å². The summed E-state index contributed by atoms with van der Waals surface area (Å²) in [6.45, 7) is 0. The molecule has 2 aliphatic rings. The lowest BCUT2D eigenvalue weighted by atomic mass is 9.89. The summed E-state index contributed by atoms with van der Waals surface area (Å²) in [6.07, 6.45) is 6.80. The maximum atomic E-state index is 6.63. The van der Waals surface area contributed by atoms with E-state index in [9.17, 15) is 0 Å². The molecule has 9 rings (SSSR count). The number of benzene rings is 7. The summed E-state index contributed by atoms with van der Waals surface area (Å²) in [6, 6.07) is 60.6. The molecule has 0 N–H and O–H groups in total. The summed E-state index contributed by atoms with van der Waals surface area (Å²) in [7, 11) is 0. The molecule has 1 heterocycles. The van der Waals surface area contributed by atoms with Crippen molar-refractivity contribution in [3.8, 4) is 39.1 Å². The van der Waals surface area contributed by atoms with Crippen molar-refractivity contribution in [2.75, 3.05) is 4.90 Å². The van der Waals surface area contributed by atoms with Crippen molar-refractivity contribution >= 4 is 22.1 Å². The Kier molecular flexibility index (Phi) is 6.98. The highest BCUT2D eigenvalue weighted by Crippen LogP contribution is 2.45. The van der Waals surface area contributed by atoms with Gasteiger partial charge in [0.1, 0.15) is 11.9 Å². The van der Waals surface area contributed by atoms with Gasteiger partial charge < -0.3 is 9.64 Å². The average molecular weight is 616 g/mol. The van der Waals surface area contributed by atoms with Crippen LogP contribution in [0.2, 0.25) is 0 Å². The molecule has 0 saturated heterocycles. The van der Waals surface area contributed by atoms with Gasteiger partial charge in [0.15, 0.2) is 0 Å². The molecule has 0 saturated carbocycles. The van der Waals surface area contributed by atoms with Gasteiger partial charge in [-0.1, -0.05) is 140 Å². The molecule has 1 aliphatic heterocycles. The fourth-order valence-corrected chi connectivity index (χ4v) is 7.20. The molecule has 2 unspecified atom stereocenters. The molecule has 48 heavy (non-hydrogen) atoms. The normalized spacial score (nSPS) is 16.1. The molecule has 228 valence electrons. The minimum absolute atomic E-state index is 0.0695. The van der Waals surface area contributed by atoms with Gasteiger partial charge in [-0.3, -0.25) is 0 Å². The first-order chi connectivity index (χ1) is 23.8. The first-order valence-corrected chi connectivity index (χ1v) is 16.6. The molecule has 2 nitrogen and oxygen atoms in total. The summed E-state index contributed by atoms with van der Waals surface area (Å²) in [4.78, 5) is 2.34. The van der Waals surface area contributed by atoms with E-state index in [1.165, 1.54) is 49.7 Å². The second-order valence-electron chi connectivity index (χ2n) is 12.5. The van der Waals surface area contributed by atoms with E-state index in [1.54, 1.807) is 0 Å². The lowest BCUT2D eigenvalue weighted by molar-refractivity contribution is 0.268. The summed E-state index contributed by atoms with van der Waals surface area (Å²) in [5, 5.41) is 2.45. The summed E-state index contributed by atoms with van der Waals surface area (Å²) < 4.78 is 6.63. The Hall–Kier alpha value is -6.12. The Balaban J connectivity index is 1.10. The number of fused-ring (bicyclic) bond motifs is 4. The fourth-order valence-electron chi connectivity index (χ4n) is 7.20. The molecule has 0 spiro atoms. The third kappa shape index (κ3) is 5.09. The molecule has 0 radical (unpaired) electrons. The van der Waals surface area contributed by atoms with Crippen LogP contribution in [0.5, 0.6) is 5.75 Å². The van der Waals surface area contributed by atoms with Gasteiger partial charge >= 0.3 is 0 Å². The molecular weight excluding hydrogens is 583 g/mol. The summed E-state index contributed by atoms with van der Waals surface area (Å²) >= 11 is 0. The maximum absolute atomic E-state index is 6.63. The van der Waals surface area contributed by atoms with E-state index < -0.39 is 0 Å². The van der Waals surface area contributed by atoms with Gasteiger partial charge in [0.25, 0.3) is 0 Å². The Morgan fingerprint density at radius 1 is 0.458 bits per heavy atom. The second kappa shape index (κ2) is 11.9. The molecule has 0 bridgehead atoms. The van der Waals surface area contributed by atoms with E-state index in [-0.39, 0.29) is 12.0 Å². The highest BCUT2D eigenvalue weighted by Gasteiger charge is 2.35. The number of rotatable bonds is 6. The zero-order valence-electron chi connectivity index (χ0n) is 26.4. The van der Waals surface area contributed by atoms with Gasteiger partial charge in [0.2, 0.25) is 0 Å². The van der Waals surface area contributed by atoms with Crippen molar-refractivity contribution < 1.29 is 4.74 Å². The smallest absolute Gasteiger partial charge is 0.130 e. The van der Waals surface area contributed by atoms with Crippen LogP contribution in [-0.4, -0.2) is 6.10 Å². The lowest BCUT2D eigenvalue weighted by Crippen LogP contribution is -2.24. The van der Waals surface area contributed by atoms with E-state index in [2.05, 4.69) is 193 Å². The fraction of sp³-hybridized carbons (Fsp3) is 0.0435. The van der Waals surface area contributed by atoms with E-state index in [1.807, 2.05) is 0 Å². The quantitative estimate of drug-likeness (QED) is 0.185. The van der Waals surface area contributed by atoms with Gasteiger partial charge in [0.05, 0.1) is 0 Å². The molecule has 2 atom stereocenters. The van der Waals surface area contributed by atoms with Crippen molar-refractivity contribution in [2.24, 2.45) is 0 Å². The van der Waals surface area contributed by atoms with Crippen molar-refractivity contribution in [1.82, 2.24) is 0 Å². The molecule has 7 aromatic carbocycles. The molecule has 0 amide bonds. The Bertz CT molecular complexity index is 2300. The predicted octanol–water partition coefficient (Wildman–Crippen LogP) is 12.0. The predicted molar refractivity (Wildman–Crippen MR) is 200 cm³/mol. The highest BCUT2D eigenvalue weighted by molar-refractivity contribution is 5.87. The van der Waals surface area contributed by atoms with Crippen molar-refractivity contribution in [1.29, 1.82) is 0 Å². The van der Waals surface area contributed by atoms with Crippen LogP contribution < -0.4 is 9.64 Å². The Labute approximate surface area is 281 Å². The molecule has 0 aromatic heterocycles. The van der Waals surface area contributed by atoms with E-state index in [0.717, 1.165) is 22.8 Å². The number of anilines is 2. The SMILES string of the molecule is C1=CC2c3cc4ccccc4cc3OC2C=C1N(c1ccc(-c2ccccc2)cc1)c1ccc(-c2ccccc2-c2ccccc2)cc1. The Morgan fingerprint density at radius 3 is 1.60 bits per heavy atom. The van der Waals surface area contributed by atoms with E-state index in [4.69, 9.17) is 4.74 Å². The molecule has 0 fully saturated rings. The lowest BCUT2D eigenvalue weighted by Gasteiger charge is -2.30. The van der Waals surface area contributed by atoms with Gasteiger partial charge in [-0.2, -0.15) is 0 Å². The zero-order valence-corrected chi connectivity index (χ0v) is 26.4. The van der Waals surface area contributed by atoms with Gasteiger partial charge in [-0.05, 0) is 92.7 Å². The summed E-state index contributed by atoms with van der Waals surface area (Å²) in [5.74, 6) is 1.17. The second-order valence-corrected chi connectivity index (χ2v) is 12.5. The number of ether oxygens (including phenoxy) is 1. The number of nitrogens with zero attached hydrogens (tertiary/aromatic N) is 1. The average Bonchev–Trinajstić information content (AvgIpc) is 3.52. The topological polar surface area (TPSA) is 12.5 Å². The third-order valence-electron chi connectivity index (χ3n) is 9.60. The van der Waals surface area contributed by atoms with E-state index >= 15 is 0 Å². The van der Waals surface area contributed by atoms with Crippen LogP contribution in [0.15, 0.2) is 194 Å². The number of hydrogen-bond acceptors (Lipinski definition) is 2. The van der Waals surface area contributed by atoms with Gasteiger partial charge in [-0.15, -0.1) is 0 Å². The van der Waals surface area contributed by atoms with Crippen molar-refractivity contribution in [3.05, 3.63) is 199 Å². The molecule has 2 heteroatoms. The minimum atomic E-state index is -0.0695. The van der Waals surface area contributed by atoms with Crippen LogP contribution in [-0.2, 0) is 0 Å². The third-order valence-corrected chi connectivity index (χ3v) is 9.60. The monoisotopic (exact) mass is 615 g/mol. The van der Waals surface area contributed by atoms with Crippen molar-refractivity contribution in [2.45, 2.75) is 12.0 Å². The largest absolute Gasteiger partial charge is 0.485 e. The highest BCUT2D eigenvalue weighted by atomic mass is 16.5. The van der Waals surface area contributed by atoms with Crippen LogP contribution >= 0.6 is 0 Å². The van der Waals surface area contributed by atoms with Gasteiger partial charge in [0, 0.05) is 28.6 Å². The first-order valence-electron chi connectivity index (χ1n) is 16.6. The zero-order chi connectivity index (χ0) is 31.9. The molecular formula is C46H33NO. The molecule has 1 aliphatic carbocycles. The van der Waals surface area contributed by atoms with Gasteiger partial charge in [-0.25, -0.2) is 0 Å². The van der Waals surface area contributed by atoms with Crippen LogP contribution in [0.3, 0.4) is 0 Å². The first kappa shape index (κ1) is 28.1. The van der Waals surface area contributed by atoms with Crippen LogP contribution in [0, 0.1) is 0 Å². The van der Waals surface area contributed by atoms with Crippen LogP contribution in [0.4, 0.5) is 11.4 Å². The number of allylic oxidation sites excluding steroid dienone is 1. The summed E-state index contributed by atoms with van der Waals surface area (Å²) in [5.41, 5.74) is 11.8. The maximum Gasteiger partial charge on any atom is 0.130 e. The van der Waals surface area contributed by atoms with E-state index in [0.29, 0.717) is 0 Å². The minimum Gasteiger partial charge on any atom is -0.485 e. The standard InChI is InChI=1S/C46H33NO/c1-3-11-32(12-4-1)33-19-23-38(24-20-33)47(39-25-21-35(22-26-39)42-18-10-9-17-41(42)34-13-5-2-6-14-34)40-27-28-43-44-29-36-15-7-8-16-37(36)30-45(44)48-46(43)31-40/h1-31,43,46H. The Morgan fingerprint density at radius 2 is 0.958 bits per heavy atom. The molecule has 7 aromatic rings. The number of hydrogen-bond donors (Lipinski definition) is 0. The van der Waals surface area contributed by atoms with Crippen LogP contribution in [0.25, 0.3) is 44.2 Å². The van der Waals surface area contributed by atoms with Crippen LogP contribution in [0.1, 0.15) is 11.5 Å².